The summed E-state index contributed by atoms with van der Waals surface area (Å²) >= 11 is 3.39. The van der Waals surface area contributed by atoms with E-state index in [9.17, 15) is 23.9 Å². The van der Waals surface area contributed by atoms with Crippen LogP contribution in [-0.2, 0) is 7.05 Å². The lowest BCUT2D eigenvalue weighted by atomic mass is 9.94. The molecule has 0 bridgehead atoms. The van der Waals surface area contributed by atoms with Crippen molar-refractivity contribution in [2.75, 3.05) is 31.1 Å². The van der Waals surface area contributed by atoms with Gasteiger partial charge >= 0.3 is 0 Å². The zero-order valence-corrected chi connectivity index (χ0v) is 22.1. The van der Waals surface area contributed by atoms with Gasteiger partial charge in [0.05, 0.1) is 29.9 Å². The Morgan fingerprint density at radius 1 is 1.05 bits per heavy atom. The molecule has 1 aliphatic heterocycles. The molecule has 1 unspecified atom stereocenters. The van der Waals surface area contributed by atoms with Crippen molar-refractivity contribution in [1.82, 2.24) is 14.5 Å². The van der Waals surface area contributed by atoms with Gasteiger partial charge in [0.15, 0.2) is 0 Å². The summed E-state index contributed by atoms with van der Waals surface area (Å²) in [5.74, 6) is -0.731. The van der Waals surface area contributed by atoms with Gasteiger partial charge in [0.2, 0.25) is 0 Å². The van der Waals surface area contributed by atoms with Gasteiger partial charge in [-0.15, -0.1) is 0 Å². The fourth-order valence-corrected chi connectivity index (χ4v) is 5.53. The molecule has 2 aromatic heterocycles. The van der Waals surface area contributed by atoms with Crippen LogP contribution in [0.25, 0.3) is 11.0 Å². The van der Waals surface area contributed by atoms with Crippen LogP contribution in [0.4, 0.5) is 14.5 Å². The first kappa shape index (κ1) is 26.0. The highest BCUT2D eigenvalue weighted by Gasteiger charge is 2.35. The molecule has 1 fully saturated rings. The quantitative estimate of drug-likeness (QED) is 0.358. The topological polar surface area (TPSA) is 85.4 Å². The van der Waals surface area contributed by atoms with Gasteiger partial charge in [-0.2, -0.15) is 5.26 Å². The molecule has 0 radical (unpaired) electrons. The molecule has 38 heavy (non-hydrogen) atoms. The highest BCUT2D eigenvalue weighted by Crippen LogP contribution is 2.35. The van der Waals surface area contributed by atoms with Gasteiger partial charge in [-0.3, -0.25) is 9.69 Å². The minimum atomic E-state index is -0.419. The number of aliphatic hydroxyl groups is 1. The average molecular weight is 580 g/mol. The summed E-state index contributed by atoms with van der Waals surface area (Å²) in [6.07, 6.45) is 0. The van der Waals surface area contributed by atoms with Crippen LogP contribution in [0.2, 0.25) is 0 Å². The van der Waals surface area contributed by atoms with Gasteiger partial charge < -0.3 is 14.6 Å². The molecule has 1 saturated heterocycles. The smallest absolute Gasteiger partial charge is 0.270 e. The fourth-order valence-electron chi connectivity index (χ4n) is 5.22. The Bertz CT molecular complexity index is 1540. The van der Waals surface area contributed by atoms with Crippen LogP contribution in [0.3, 0.4) is 0 Å². The maximum absolute atomic E-state index is 13.7. The highest BCUT2D eigenvalue weighted by atomic mass is 79.9. The van der Waals surface area contributed by atoms with E-state index in [1.807, 2.05) is 4.90 Å². The van der Waals surface area contributed by atoms with Crippen molar-refractivity contribution in [2.24, 2.45) is 7.05 Å². The Kier molecular flexibility index (Phi) is 7.25. The molecule has 3 heterocycles. The SMILES string of the molecule is Cn1c(=O)c(C#N)c(N2CCN(C(c3ccc(F)cc3)c3ccc(F)cc3)C(CO)C2)c2nc(Br)ccc21. The molecule has 1 atom stereocenters. The molecule has 1 aliphatic rings. The number of aromatic nitrogens is 2. The third-order valence-corrected chi connectivity index (χ3v) is 7.49. The third kappa shape index (κ3) is 4.69. The van der Waals surface area contributed by atoms with Crippen molar-refractivity contribution in [3.63, 3.8) is 0 Å². The first-order valence-corrected chi connectivity index (χ1v) is 12.8. The zero-order chi connectivity index (χ0) is 27.0. The number of aryl methyl sites for hydroxylation is 1. The molecular formula is C28H24BrF2N5O2. The fraction of sp³-hybridized carbons (Fsp3) is 0.250. The van der Waals surface area contributed by atoms with Gasteiger partial charge in [-0.05, 0) is 63.5 Å². The summed E-state index contributed by atoms with van der Waals surface area (Å²) in [6, 6.07) is 17.1. The van der Waals surface area contributed by atoms with Crippen molar-refractivity contribution in [3.8, 4) is 6.07 Å². The Morgan fingerprint density at radius 3 is 2.21 bits per heavy atom. The second-order valence-electron chi connectivity index (χ2n) is 9.23. The number of rotatable bonds is 5. The summed E-state index contributed by atoms with van der Waals surface area (Å²) in [7, 11) is 1.61. The van der Waals surface area contributed by atoms with Crippen LogP contribution in [0, 0.1) is 23.0 Å². The van der Waals surface area contributed by atoms with Crippen LogP contribution in [0.1, 0.15) is 22.7 Å². The Labute approximate surface area is 226 Å². The monoisotopic (exact) mass is 579 g/mol. The van der Waals surface area contributed by atoms with E-state index in [4.69, 9.17) is 0 Å². The molecular weight excluding hydrogens is 556 g/mol. The van der Waals surface area contributed by atoms with Crippen LogP contribution < -0.4 is 10.5 Å². The molecule has 10 heteroatoms. The van der Waals surface area contributed by atoms with E-state index in [0.29, 0.717) is 41.0 Å². The van der Waals surface area contributed by atoms with Crippen molar-refractivity contribution in [2.45, 2.75) is 12.1 Å². The van der Waals surface area contributed by atoms with E-state index in [-0.39, 0.29) is 29.8 Å². The van der Waals surface area contributed by atoms with Gasteiger partial charge in [0.1, 0.15) is 33.4 Å². The maximum Gasteiger partial charge on any atom is 0.270 e. The molecule has 5 rings (SSSR count). The van der Waals surface area contributed by atoms with Crippen LogP contribution >= 0.6 is 15.9 Å². The molecule has 194 valence electrons. The van der Waals surface area contributed by atoms with E-state index >= 15 is 0 Å². The summed E-state index contributed by atoms with van der Waals surface area (Å²) < 4.78 is 29.5. The first-order valence-electron chi connectivity index (χ1n) is 12.0. The van der Waals surface area contributed by atoms with E-state index in [1.165, 1.54) is 28.8 Å². The number of piperazine rings is 1. The van der Waals surface area contributed by atoms with E-state index in [0.717, 1.165) is 11.1 Å². The molecule has 7 nitrogen and oxygen atoms in total. The largest absolute Gasteiger partial charge is 0.395 e. The second-order valence-corrected chi connectivity index (χ2v) is 10.0. The van der Waals surface area contributed by atoms with Crippen molar-refractivity contribution >= 4 is 32.7 Å². The number of halogens is 3. The lowest BCUT2D eigenvalue weighted by Crippen LogP contribution is -2.56. The Morgan fingerprint density at radius 2 is 1.66 bits per heavy atom. The molecule has 0 aliphatic carbocycles. The molecule has 1 N–H and O–H groups in total. The van der Waals surface area contributed by atoms with Gasteiger partial charge in [0, 0.05) is 26.7 Å². The number of benzene rings is 2. The zero-order valence-electron chi connectivity index (χ0n) is 20.5. The summed E-state index contributed by atoms with van der Waals surface area (Å²) in [5.41, 5.74) is 2.70. The Hall–Kier alpha value is -3.65. The lowest BCUT2D eigenvalue weighted by Gasteiger charge is -2.46. The van der Waals surface area contributed by atoms with Gasteiger partial charge in [-0.25, -0.2) is 13.8 Å². The molecule has 0 saturated carbocycles. The predicted octanol–water partition coefficient (Wildman–Crippen LogP) is 4.12. The first-order chi connectivity index (χ1) is 18.3. The number of aliphatic hydroxyl groups excluding tert-OH is 1. The van der Waals surface area contributed by atoms with Crippen LogP contribution in [0.5, 0.6) is 0 Å². The minimum Gasteiger partial charge on any atom is -0.395 e. The van der Waals surface area contributed by atoms with Crippen LogP contribution in [-0.4, -0.2) is 51.8 Å². The number of anilines is 1. The number of hydrogen-bond acceptors (Lipinski definition) is 6. The van der Waals surface area contributed by atoms with Crippen LogP contribution in [0.15, 0.2) is 70.1 Å². The standard InChI is InChI=1S/C28H24BrF2N5O2/c1-34-23-10-11-24(29)33-25(23)27(22(14-32)28(34)38)35-12-13-36(21(15-35)16-37)26(17-2-6-19(30)7-3-17)18-4-8-20(31)9-5-18/h2-11,21,26,37H,12-13,15-16H2,1H3. The summed E-state index contributed by atoms with van der Waals surface area (Å²) in [5, 5.41) is 20.4. The maximum atomic E-state index is 13.7. The van der Waals surface area contributed by atoms with Gasteiger partial charge in [0.25, 0.3) is 5.56 Å². The Balaban J connectivity index is 1.58. The number of nitrogens with zero attached hydrogens (tertiary/aromatic N) is 5. The van der Waals surface area contributed by atoms with Crippen molar-refractivity contribution in [1.29, 1.82) is 5.26 Å². The van der Waals surface area contributed by atoms with E-state index < -0.39 is 11.6 Å². The number of hydrogen-bond donors (Lipinski definition) is 1. The molecule has 2 aromatic carbocycles. The molecule has 4 aromatic rings. The predicted molar refractivity (Wildman–Crippen MR) is 144 cm³/mol. The summed E-state index contributed by atoms with van der Waals surface area (Å²) in [6.45, 7) is 0.971. The molecule has 0 amide bonds. The van der Waals surface area contributed by atoms with E-state index in [1.54, 1.807) is 43.4 Å². The van der Waals surface area contributed by atoms with Crippen molar-refractivity contribution in [3.05, 3.63) is 104 Å². The normalized spacial score (nSPS) is 16.2. The second kappa shape index (κ2) is 10.6. The minimum absolute atomic E-state index is 0.00985. The number of nitriles is 1. The molecule has 0 spiro atoms. The third-order valence-electron chi connectivity index (χ3n) is 7.05. The number of pyridine rings is 2. The average Bonchev–Trinajstić information content (AvgIpc) is 2.93. The highest BCUT2D eigenvalue weighted by molar-refractivity contribution is 9.10. The van der Waals surface area contributed by atoms with Crippen molar-refractivity contribution < 1.29 is 13.9 Å². The summed E-state index contributed by atoms with van der Waals surface area (Å²) in [4.78, 5) is 21.7. The van der Waals surface area contributed by atoms with E-state index in [2.05, 4.69) is 31.9 Å². The lowest BCUT2D eigenvalue weighted by molar-refractivity contribution is 0.0858. The van der Waals surface area contributed by atoms with Gasteiger partial charge in [-0.1, -0.05) is 24.3 Å². The number of fused-ring (bicyclic) bond motifs is 1.